The van der Waals surface area contributed by atoms with Gasteiger partial charge in [-0.25, -0.2) is 13.7 Å². The van der Waals surface area contributed by atoms with Crippen LogP contribution < -0.4 is 0 Å². The Morgan fingerprint density at radius 1 is 0.316 bits per heavy atom. The zero-order chi connectivity index (χ0) is 61.4. The summed E-state index contributed by atoms with van der Waals surface area (Å²) >= 11 is 0. The molecule has 0 aliphatic carbocycles. The van der Waals surface area contributed by atoms with E-state index in [0.29, 0.717) is 39.6 Å². The Kier molecular flexibility index (Phi) is 64.8. The Morgan fingerprint density at radius 3 is 0.658 bits per heavy atom. The number of hydrogen-bond donors (Lipinski definition) is 18. The number of rotatable bonds is 34. The molecule has 470 valence electrons. The van der Waals surface area contributed by atoms with E-state index in [1.54, 1.807) is 83.1 Å². The summed E-state index contributed by atoms with van der Waals surface area (Å²) in [6.07, 6.45) is -8.00. The third kappa shape index (κ3) is 82.4. The average molecular weight is 1200 g/mol. The van der Waals surface area contributed by atoms with Crippen LogP contribution in [0.1, 0.15) is 96.9 Å². The molecule has 0 aromatic heterocycles. The maximum atomic E-state index is 11.5. The van der Waals surface area contributed by atoms with Gasteiger partial charge in [0.05, 0.1) is 165 Å². The predicted molar refractivity (Wildman–Crippen MR) is 273 cm³/mol. The smallest absolute Gasteiger partial charge is 0.394 e. The molecule has 17 atom stereocenters. The molecule has 0 heterocycles. The van der Waals surface area contributed by atoms with Crippen LogP contribution in [0.2, 0.25) is 0 Å². The van der Waals surface area contributed by atoms with Gasteiger partial charge in [-0.05, 0) is 96.9 Å². The molecule has 0 rings (SSSR count). The molecule has 76 heavy (non-hydrogen) atoms. The Hall–Kier alpha value is -0.430. The van der Waals surface area contributed by atoms with Crippen molar-refractivity contribution in [2.45, 2.75) is 189 Å². The summed E-state index contributed by atoms with van der Waals surface area (Å²) in [5.41, 5.74) is 0. The number of aliphatic hydroxyl groups excluding tert-OH is 14. The van der Waals surface area contributed by atoms with Crippen LogP contribution in [-0.2, 0) is 60.0 Å². The largest absolute Gasteiger partial charge is 0.490 e. The van der Waals surface area contributed by atoms with Gasteiger partial charge >= 0.3 is 23.5 Å². The van der Waals surface area contributed by atoms with Gasteiger partial charge in [-0.2, -0.15) is 8.62 Å². The highest BCUT2D eigenvalue weighted by Gasteiger charge is 2.43. The number of ether oxygens (including phenoxy) is 7. The van der Waals surface area contributed by atoms with Gasteiger partial charge in [0.15, 0.2) is 6.29 Å². The maximum Gasteiger partial charge on any atom is 0.490 e. The van der Waals surface area contributed by atoms with Crippen LogP contribution in [-0.4, -0.2) is 269 Å². The number of phosphoric ester groups is 1. The normalized spacial score (nSPS) is 18.8. The fourth-order valence-corrected chi connectivity index (χ4v) is 6.21. The van der Waals surface area contributed by atoms with E-state index in [0.717, 1.165) is 6.92 Å². The lowest BCUT2D eigenvalue weighted by Gasteiger charge is -2.25. The van der Waals surface area contributed by atoms with Crippen LogP contribution in [0.3, 0.4) is 0 Å². The quantitative estimate of drug-likeness (QED) is 0.0245. The van der Waals surface area contributed by atoms with Crippen molar-refractivity contribution in [1.82, 2.24) is 0 Å². The van der Waals surface area contributed by atoms with Crippen molar-refractivity contribution in [3.8, 4) is 0 Å². The van der Waals surface area contributed by atoms with E-state index >= 15 is 0 Å². The minimum absolute atomic E-state index is 0.00667. The lowest BCUT2D eigenvalue weighted by Crippen LogP contribution is -2.33. The zero-order valence-corrected chi connectivity index (χ0v) is 49.2. The van der Waals surface area contributed by atoms with Crippen LogP contribution in [0, 0.1) is 0 Å². The van der Waals surface area contributed by atoms with Crippen molar-refractivity contribution >= 4 is 23.5 Å². The number of hydrogen-bond acceptors (Lipinski definition) is 27. The van der Waals surface area contributed by atoms with E-state index < -0.39 is 85.2 Å². The van der Waals surface area contributed by atoms with E-state index in [1.807, 2.05) is 0 Å². The molecule has 0 amide bonds. The van der Waals surface area contributed by atoms with E-state index in [-0.39, 0.29) is 76.3 Å². The molecule has 0 fully saturated rings. The highest BCUT2D eigenvalue weighted by Crippen LogP contribution is 2.66. The summed E-state index contributed by atoms with van der Waals surface area (Å²) in [6, 6.07) is 0. The van der Waals surface area contributed by atoms with Gasteiger partial charge in [0.1, 0.15) is 6.10 Å². The minimum atomic E-state index is -5.65. The first kappa shape index (κ1) is 89.4. The SMILES string of the molecule is CC(CO)OC(OP(=O)(O)OP(=O)(O)OP(=O)(O)O)C(C)O.CC(O)COC(C)CO.CC(O)COC(C)CO.CC(O)COC(C)CO.CC(O)COC(C)CO.CC(O)COC(C)CO.CC(O)COC(C)CO. The third-order valence-electron chi connectivity index (χ3n) is 6.94. The molecule has 0 aromatic carbocycles. The van der Waals surface area contributed by atoms with Gasteiger partial charge in [-0.15, -0.1) is 0 Å². The molecule has 0 aliphatic rings. The van der Waals surface area contributed by atoms with Gasteiger partial charge in [0.2, 0.25) is 0 Å². The van der Waals surface area contributed by atoms with Crippen LogP contribution in [0.25, 0.3) is 0 Å². The van der Waals surface area contributed by atoms with Crippen molar-refractivity contribution in [1.29, 1.82) is 0 Å². The van der Waals surface area contributed by atoms with Gasteiger partial charge in [-0.3, -0.25) is 4.52 Å². The lowest BCUT2D eigenvalue weighted by atomic mass is 10.4. The summed E-state index contributed by atoms with van der Waals surface area (Å²) in [5.74, 6) is 0. The standard InChI is InChI=1S/C6H17O13P3.6C6H14O3/c1-4(3-7)16-6(5(2)8)17-21(12,13)19-22(14,15)18-20(9,10)11;6*1-5(8)4-9-6(2)3-7/h4-8H,3H2,1-2H3,(H,12,13)(H,14,15)(H2,9,10,11);6*5-8H,3-4H2,1-2H3. The van der Waals surface area contributed by atoms with Crippen molar-refractivity contribution in [2.75, 3.05) is 85.9 Å². The summed E-state index contributed by atoms with van der Waals surface area (Å²) in [5, 5.41) is 121. The molecule has 0 bridgehead atoms. The molecular formula is C42H101O31P3. The first-order valence-corrected chi connectivity index (χ1v) is 28.4. The summed E-state index contributed by atoms with van der Waals surface area (Å²) in [4.78, 5) is 34.9. The van der Waals surface area contributed by atoms with E-state index in [4.69, 9.17) is 114 Å². The molecule has 34 heteroatoms. The Morgan fingerprint density at radius 2 is 0.513 bits per heavy atom. The second kappa shape index (κ2) is 55.1. The van der Waals surface area contributed by atoms with Crippen LogP contribution in [0.15, 0.2) is 0 Å². The van der Waals surface area contributed by atoms with E-state index in [9.17, 15) is 23.7 Å². The lowest BCUT2D eigenvalue weighted by molar-refractivity contribution is -0.177. The van der Waals surface area contributed by atoms with Crippen LogP contribution in [0.4, 0.5) is 0 Å². The van der Waals surface area contributed by atoms with E-state index in [2.05, 4.69) is 13.1 Å². The van der Waals surface area contributed by atoms with Gasteiger partial charge in [0.25, 0.3) is 0 Å². The molecule has 18 N–H and O–H groups in total. The average Bonchev–Trinajstić information content (AvgIpc) is 3.31. The van der Waals surface area contributed by atoms with Crippen molar-refractivity contribution < 1.29 is 151 Å². The van der Waals surface area contributed by atoms with E-state index in [1.165, 1.54) is 6.92 Å². The molecular weight excluding hydrogens is 1090 g/mol. The maximum absolute atomic E-state index is 11.5. The number of aliphatic hydroxyl groups is 14. The summed E-state index contributed by atoms with van der Waals surface area (Å²) in [7, 11) is -16.6. The van der Waals surface area contributed by atoms with Crippen molar-refractivity contribution in [3.63, 3.8) is 0 Å². The monoisotopic (exact) mass is 1190 g/mol. The second-order valence-corrected chi connectivity index (χ2v) is 21.4. The Balaban J connectivity index is -0.000000153. The first-order valence-electron chi connectivity index (χ1n) is 23.9. The molecule has 0 saturated carbocycles. The molecule has 0 aromatic rings. The molecule has 0 spiro atoms. The summed E-state index contributed by atoms with van der Waals surface area (Å²) < 4.78 is 78.8. The predicted octanol–water partition coefficient (Wildman–Crippen LogP) is -1.98. The van der Waals surface area contributed by atoms with Gasteiger partial charge in [0, 0.05) is 0 Å². The topological polar surface area (TPSA) is 508 Å². The molecule has 0 aliphatic heterocycles. The summed E-state index contributed by atoms with van der Waals surface area (Å²) in [6.45, 7) is 24.0. The Labute approximate surface area is 448 Å². The van der Waals surface area contributed by atoms with Gasteiger partial charge < -0.3 is 124 Å². The minimum Gasteiger partial charge on any atom is -0.394 e. The highest BCUT2D eigenvalue weighted by atomic mass is 31.3. The fourth-order valence-electron chi connectivity index (χ4n) is 3.07. The Bertz CT molecular complexity index is 1210. The third-order valence-corrected chi connectivity index (χ3v) is 10.7. The van der Waals surface area contributed by atoms with Crippen LogP contribution >= 0.6 is 23.5 Å². The molecule has 0 saturated heterocycles. The highest BCUT2D eigenvalue weighted by molar-refractivity contribution is 7.66. The van der Waals surface area contributed by atoms with Gasteiger partial charge in [-0.1, -0.05) is 0 Å². The molecule has 0 radical (unpaired) electrons. The fraction of sp³-hybridized carbons (Fsp3) is 1.00. The first-order chi connectivity index (χ1) is 34.7. The van der Waals surface area contributed by atoms with Crippen molar-refractivity contribution in [2.24, 2.45) is 0 Å². The number of phosphoric acid groups is 3. The van der Waals surface area contributed by atoms with Crippen LogP contribution in [0.5, 0.6) is 0 Å². The second-order valence-electron chi connectivity index (χ2n) is 17.0. The van der Waals surface area contributed by atoms with Crippen molar-refractivity contribution in [3.05, 3.63) is 0 Å². The molecule has 31 nitrogen and oxygen atoms in total. The zero-order valence-electron chi connectivity index (χ0n) is 46.6. The molecule has 17 unspecified atom stereocenters.